The molecule has 1 aliphatic carbocycles. The molecule has 1 saturated carbocycles. The molecule has 3 N–H and O–H groups in total. The summed E-state index contributed by atoms with van der Waals surface area (Å²) in [5.74, 6) is 0.0737. The number of carbonyl (C=O) groups is 1. The van der Waals surface area contributed by atoms with Crippen molar-refractivity contribution in [1.82, 2.24) is 5.32 Å². The highest BCUT2D eigenvalue weighted by molar-refractivity contribution is 5.85. The van der Waals surface area contributed by atoms with Crippen molar-refractivity contribution in [2.75, 3.05) is 33.0 Å². The van der Waals surface area contributed by atoms with Crippen LogP contribution in [0.25, 0.3) is 0 Å². The lowest BCUT2D eigenvalue weighted by atomic mass is 9.84. The van der Waals surface area contributed by atoms with E-state index in [0.717, 1.165) is 45.3 Å². The summed E-state index contributed by atoms with van der Waals surface area (Å²) < 4.78 is 10.9. The van der Waals surface area contributed by atoms with Crippen LogP contribution in [0.2, 0.25) is 0 Å². The second-order valence-electron chi connectivity index (χ2n) is 5.47. The SMILES string of the molecule is CCCOCCOCCC1CCCC1(NCC)C(N)=O. The topological polar surface area (TPSA) is 73.6 Å². The molecule has 0 aromatic rings. The number of likely N-dealkylation sites (N-methyl/N-ethyl adjacent to an activating group) is 1. The Morgan fingerprint density at radius 1 is 1.25 bits per heavy atom. The van der Waals surface area contributed by atoms with Crippen LogP contribution in [-0.4, -0.2) is 44.4 Å². The Morgan fingerprint density at radius 2 is 1.95 bits per heavy atom. The number of amides is 1. The molecule has 0 heterocycles. The van der Waals surface area contributed by atoms with E-state index in [9.17, 15) is 4.79 Å². The van der Waals surface area contributed by atoms with Gasteiger partial charge in [0.25, 0.3) is 0 Å². The number of hydrogen-bond acceptors (Lipinski definition) is 4. The fourth-order valence-corrected chi connectivity index (χ4v) is 3.12. The molecule has 1 rings (SSSR count). The van der Waals surface area contributed by atoms with Crippen molar-refractivity contribution in [3.8, 4) is 0 Å². The van der Waals surface area contributed by atoms with Gasteiger partial charge in [-0.15, -0.1) is 0 Å². The van der Waals surface area contributed by atoms with Gasteiger partial charge in [0.05, 0.1) is 13.2 Å². The average Bonchev–Trinajstić information content (AvgIpc) is 2.82. The predicted molar refractivity (Wildman–Crippen MR) is 79.5 cm³/mol. The molecule has 5 nitrogen and oxygen atoms in total. The zero-order valence-electron chi connectivity index (χ0n) is 13.0. The largest absolute Gasteiger partial charge is 0.379 e. The second kappa shape index (κ2) is 9.32. The van der Waals surface area contributed by atoms with E-state index in [1.165, 1.54) is 0 Å². The maximum Gasteiger partial charge on any atom is 0.238 e. The van der Waals surface area contributed by atoms with Crippen molar-refractivity contribution in [2.45, 2.75) is 51.5 Å². The van der Waals surface area contributed by atoms with Crippen molar-refractivity contribution in [2.24, 2.45) is 11.7 Å². The molecule has 2 unspecified atom stereocenters. The van der Waals surface area contributed by atoms with Gasteiger partial charge in [-0.1, -0.05) is 20.3 Å². The molecule has 0 radical (unpaired) electrons. The summed E-state index contributed by atoms with van der Waals surface area (Å²) in [7, 11) is 0. The number of nitrogens with two attached hydrogens (primary N) is 1. The lowest BCUT2D eigenvalue weighted by molar-refractivity contribution is -0.126. The van der Waals surface area contributed by atoms with Gasteiger partial charge in [0, 0.05) is 13.2 Å². The molecule has 0 aromatic heterocycles. The summed E-state index contributed by atoms with van der Waals surface area (Å²) in [6, 6.07) is 0. The molecule has 2 atom stereocenters. The molecule has 0 aliphatic heterocycles. The van der Waals surface area contributed by atoms with E-state index < -0.39 is 5.54 Å². The third-order valence-corrected chi connectivity index (χ3v) is 4.08. The van der Waals surface area contributed by atoms with Gasteiger partial charge in [-0.05, 0) is 38.1 Å². The first-order valence-corrected chi connectivity index (χ1v) is 7.87. The summed E-state index contributed by atoms with van der Waals surface area (Å²) in [6.45, 7) is 7.60. The molecule has 0 aromatic carbocycles. The van der Waals surface area contributed by atoms with Crippen LogP contribution >= 0.6 is 0 Å². The Kier molecular flexibility index (Phi) is 8.11. The monoisotopic (exact) mass is 286 g/mol. The van der Waals surface area contributed by atoms with Crippen molar-refractivity contribution in [3.63, 3.8) is 0 Å². The first-order valence-electron chi connectivity index (χ1n) is 7.87. The number of carbonyl (C=O) groups excluding carboxylic acids is 1. The van der Waals surface area contributed by atoms with E-state index in [1.54, 1.807) is 0 Å². The van der Waals surface area contributed by atoms with Crippen molar-refractivity contribution in [3.05, 3.63) is 0 Å². The van der Waals surface area contributed by atoms with E-state index in [-0.39, 0.29) is 11.8 Å². The third-order valence-electron chi connectivity index (χ3n) is 4.08. The predicted octanol–water partition coefficient (Wildman–Crippen LogP) is 1.45. The first kappa shape index (κ1) is 17.4. The molecule has 0 spiro atoms. The van der Waals surface area contributed by atoms with Gasteiger partial charge >= 0.3 is 0 Å². The Morgan fingerprint density at radius 3 is 2.55 bits per heavy atom. The van der Waals surface area contributed by atoms with Gasteiger partial charge in [-0.3, -0.25) is 4.79 Å². The minimum Gasteiger partial charge on any atom is -0.379 e. The number of primary amides is 1. The highest BCUT2D eigenvalue weighted by Crippen LogP contribution is 2.37. The minimum atomic E-state index is -0.517. The normalized spacial score (nSPS) is 26.0. The molecular weight excluding hydrogens is 256 g/mol. The van der Waals surface area contributed by atoms with E-state index >= 15 is 0 Å². The zero-order valence-corrected chi connectivity index (χ0v) is 13.0. The highest BCUT2D eigenvalue weighted by atomic mass is 16.5. The van der Waals surface area contributed by atoms with Crippen LogP contribution in [0.1, 0.15) is 46.0 Å². The standard InChI is InChI=1S/C15H30N2O3/c1-3-9-19-11-12-20-10-7-13-6-5-8-15(13,14(16)18)17-4-2/h13,17H,3-12H2,1-2H3,(H2,16,18). The Hall–Kier alpha value is -0.650. The number of rotatable bonds is 11. The van der Waals surface area contributed by atoms with Gasteiger partial charge < -0.3 is 20.5 Å². The molecule has 118 valence electrons. The number of ether oxygens (including phenoxy) is 2. The van der Waals surface area contributed by atoms with Crippen LogP contribution in [0.5, 0.6) is 0 Å². The lowest BCUT2D eigenvalue weighted by Crippen LogP contribution is -2.58. The maximum absolute atomic E-state index is 11.8. The van der Waals surface area contributed by atoms with Crippen LogP contribution < -0.4 is 11.1 Å². The van der Waals surface area contributed by atoms with Crippen molar-refractivity contribution in [1.29, 1.82) is 0 Å². The highest BCUT2D eigenvalue weighted by Gasteiger charge is 2.46. The summed E-state index contributed by atoms with van der Waals surface area (Å²) >= 11 is 0. The van der Waals surface area contributed by atoms with Gasteiger partial charge in [-0.25, -0.2) is 0 Å². The third kappa shape index (κ3) is 4.72. The first-order chi connectivity index (χ1) is 9.67. The average molecular weight is 286 g/mol. The molecule has 20 heavy (non-hydrogen) atoms. The van der Waals surface area contributed by atoms with E-state index in [2.05, 4.69) is 12.2 Å². The summed E-state index contributed by atoms with van der Waals surface area (Å²) in [6.07, 6.45) is 4.86. The summed E-state index contributed by atoms with van der Waals surface area (Å²) in [5, 5.41) is 3.32. The molecule has 0 saturated heterocycles. The van der Waals surface area contributed by atoms with Crippen molar-refractivity contribution >= 4 is 5.91 Å². The molecule has 1 aliphatic rings. The lowest BCUT2D eigenvalue weighted by Gasteiger charge is -2.33. The fraction of sp³-hybridized carbons (Fsp3) is 0.933. The maximum atomic E-state index is 11.8. The Labute approximate surface area is 122 Å². The summed E-state index contributed by atoms with van der Waals surface area (Å²) in [4.78, 5) is 11.8. The molecule has 5 heteroatoms. The fourth-order valence-electron chi connectivity index (χ4n) is 3.12. The second-order valence-corrected chi connectivity index (χ2v) is 5.47. The Balaban J connectivity index is 2.29. The van der Waals surface area contributed by atoms with E-state index in [0.29, 0.717) is 19.8 Å². The molecule has 1 amide bonds. The van der Waals surface area contributed by atoms with Gasteiger partial charge in [0.2, 0.25) is 5.91 Å². The summed E-state index contributed by atoms with van der Waals surface area (Å²) in [5.41, 5.74) is 5.12. The van der Waals surface area contributed by atoms with Crippen LogP contribution in [0.4, 0.5) is 0 Å². The zero-order chi connectivity index (χ0) is 14.8. The van der Waals surface area contributed by atoms with Crippen LogP contribution in [0, 0.1) is 5.92 Å². The molecule has 0 bridgehead atoms. The van der Waals surface area contributed by atoms with Gasteiger partial charge in [-0.2, -0.15) is 0 Å². The van der Waals surface area contributed by atoms with Crippen LogP contribution in [0.15, 0.2) is 0 Å². The van der Waals surface area contributed by atoms with Gasteiger partial charge in [0.15, 0.2) is 0 Å². The Bertz CT molecular complexity index is 286. The van der Waals surface area contributed by atoms with Crippen LogP contribution in [0.3, 0.4) is 0 Å². The van der Waals surface area contributed by atoms with Crippen molar-refractivity contribution < 1.29 is 14.3 Å². The van der Waals surface area contributed by atoms with Crippen LogP contribution in [-0.2, 0) is 14.3 Å². The molecular formula is C15H30N2O3. The smallest absolute Gasteiger partial charge is 0.238 e. The number of hydrogen-bond donors (Lipinski definition) is 2. The quantitative estimate of drug-likeness (QED) is 0.564. The minimum absolute atomic E-state index is 0.215. The van der Waals surface area contributed by atoms with E-state index in [1.807, 2.05) is 6.92 Å². The number of nitrogens with one attached hydrogen (secondary N) is 1. The molecule has 1 fully saturated rings. The van der Waals surface area contributed by atoms with E-state index in [4.69, 9.17) is 15.2 Å². The van der Waals surface area contributed by atoms with Gasteiger partial charge in [0.1, 0.15) is 5.54 Å².